The van der Waals surface area contributed by atoms with Gasteiger partial charge in [0.1, 0.15) is 5.75 Å². The molecule has 0 radical (unpaired) electrons. The van der Waals surface area contributed by atoms with Gasteiger partial charge in [0.15, 0.2) is 0 Å². The first kappa shape index (κ1) is 8.77. The molecule has 0 spiro atoms. The molecule has 1 aliphatic heterocycles. The second kappa shape index (κ2) is 2.99. The van der Waals surface area contributed by atoms with Crippen molar-refractivity contribution in [2.24, 2.45) is 5.92 Å². The van der Waals surface area contributed by atoms with Gasteiger partial charge in [-0.15, -0.1) is 0 Å². The number of β-lactam (4-membered cyclic amide) rings is 1. The lowest BCUT2D eigenvalue weighted by atomic mass is 9.74. The van der Waals surface area contributed by atoms with E-state index < -0.39 is 0 Å². The molecule has 0 saturated carbocycles. The van der Waals surface area contributed by atoms with E-state index in [4.69, 9.17) is 4.74 Å². The number of rotatable bonds is 1. The van der Waals surface area contributed by atoms with Crippen molar-refractivity contribution in [2.45, 2.75) is 18.9 Å². The normalized spacial score (nSPS) is 27.1. The fourth-order valence-corrected chi connectivity index (χ4v) is 2.54. The zero-order chi connectivity index (χ0) is 10.4. The molecule has 0 aromatic heterocycles. The van der Waals surface area contributed by atoms with Crippen LogP contribution in [0.5, 0.6) is 5.75 Å². The number of hydrogen-bond acceptors (Lipinski definition) is 2. The minimum absolute atomic E-state index is 0.199. The number of aryl methyl sites for hydroxylation is 1. The third-order valence-electron chi connectivity index (χ3n) is 3.45. The Hall–Kier alpha value is -1.51. The SMILES string of the molecule is COc1ccc2c(c1)C1NC(=O)C1CC2. The highest BCUT2D eigenvalue weighted by Gasteiger charge is 2.43. The molecule has 0 bridgehead atoms. The number of carbonyl (C=O) groups is 1. The predicted molar refractivity (Wildman–Crippen MR) is 55.7 cm³/mol. The van der Waals surface area contributed by atoms with Crippen LogP contribution in [0.3, 0.4) is 0 Å². The van der Waals surface area contributed by atoms with Crippen molar-refractivity contribution in [3.8, 4) is 5.75 Å². The van der Waals surface area contributed by atoms with Gasteiger partial charge in [0, 0.05) is 0 Å². The summed E-state index contributed by atoms with van der Waals surface area (Å²) in [5, 5.41) is 2.96. The summed E-state index contributed by atoms with van der Waals surface area (Å²) < 4.78 is 5.20. The minimum Gasteiger partial charge on any atom is -0.497 e. The molecule has 2 atom stereocenters. The number of benzene rings is 1. The van der Waals surface area contributed by atoms with E-state index in [1.165, 1.54) is 11.1 Å². The summed E-state index contributed by atoms with van der Waals surface area (Å²) in [5.74, 6) is 1.27. The second-order valence-electron chi connectivity index (χ2n) is 4.20. The van der Waals surface area contributed by atoms with Crippen molar-refractivity contribution < 1.29 is 9.53 Å². The topological polar surface area (TPSA) is 38.3 Å². The lowest BCUT2D eigenvalue weighted by Gasteiger charge is -2.41. The van der Waals surface area contributed by atoms with E-state index in [0.29, 0.717) is 0 Å². The molecule has 1 aromatic carbocycles. The standard InChI is InChI=1S/C12H13NO2/c1-15-8-4-2-7-3-5-9-11(10(7)6-8)13-12(9)14/h2,4,6,9,11H,3,5H2,1H3,(H,13,14). The molecule has 2 aliphatic rings. The van der Waals surface area contributed by atoms with Gasteiger partial charge in [-0.2, -0.15) is 0 Å². The Labute approximate surface area is 88.4 Å². The Bertz CT molecular complexity index is 428. The molecule has 3 rings (SSSR count). The van der Waals surface area contributed by atoms with E-state index in [9.17, 15) is 4.79 Å². The quantitative estimate of drug-likeness (QED) is 0.701. The van der Waals surface area contributed by atoms with Crippen LogP contribution >= 0.6 is 0 Å². The molecule has 2 unspecified atom stereocenters. The molecular weight excluding hydrogens is 190 g/mol. The van der Waals surface area contributed by atoms with Crippen molar-refractivity contribution >= 4 is 5.91 Å². The molecule has 1 aromatic rings. The van der Waals surface area contributed by atoms with Crippen molar-refractivity contribution in [3.63, 3.8) is 0 Å². The minimum atomic E-state index is 0.199. The van der Waals surface area contributed by atoms with Gasteiger partial charge in [0.25, 0.3) is 0 Å². The zero-order valence-corrected chi connectivity index (χ0v) is 8.62. The molecule has 1 aliphatic carbocycles. The van der Waals surface area contributed by atoms with Crippen molar-refractivity contribution in [2.75, 3.05) is 7.11 Å². The molecule has 1 saturated heterocycles. The van der Waals surface area contributed by atoms with Crippen molar-refractivity contribution in [3.05, 3.63) is 29.3 Å². The summed E-state index contributed by atoms with van der Waals surface area (Å²) in [6.07, 6.45) is 1.99. The van der Waals surface area contributed by atoms with Gasteiger partial charge in [0.05, 0.1) is 19.1 Å². The second-order valence-corrected chi connectivity index (χ2v) is 4.20. The smallest absolute Gasteiger partial charge is 0.226 e. The Morgan fingerprint density at radius 3 is 3.07 bits per heavy atom. The molecule has 1 N–H and O–H groups in total. The van der Waals surface area contributed by atoms with Crippen LogP contribution in [0.4, 0.5) is 0 Å². The van der Waals surface area contributed by atoms with Gasteiger partial charge in [0.2, 0.25) is 5.91 Å². The van der Waals surface area contributed by atoms with E-state index in [0.717, 1.165) is 18.6 Å². The predicted octanol–water partition coefficient (Wildman–Crippen LogP) is 1.43. The van der Waals surface area contributed by atoms with Gasteiger partial charge in [-0.25, -0.2) is 0 Å². The fraction of sp³-hybridized carbons (Fsp3) is 0.417. The van der Waals surface area contributed by atoms with Crippen LogP contribution in [0.1, 0.15) is 23.6 Å². The molecule has 1 amide bonds. The number of carbonyl (C=O) groups excluding carboxylic acids is 1. The lowest BCUT2D eigenvalue weighted by Crippen LogP contribution is -2.53. The van der Waals surface area contributed by atoms with Gasteiger partial charge in [-0.05, 0) is 36.1 Å². The van der Waals surface area contributed by atoms with Crippen LogP contribution in [-0.2, 0) is 11.2 Å². The van der Waals surface area contributed by atoms with Crippen LogP contribution in [0, 0.1) is 5.92 Å². The van der Waals surface area contributed by atoms with Gasteiger partial charge >= 0.3 is 0 Å². The van der Waals surface area contributed by atoms with Crippen molar-refractivity contribution in [1.29, 1.82) is 0 Å². The highest BCUT2D eigenvalue weighted by Crippen LogP contribution is 2.41. The monoisotopic (exact) mass is 203 g/mol. The number of amides is 1. The van der Waals surface area contributed by atoms with Crippen LogP contribution in [0.15, 0.2) is 18.2 Å². The van der Waals surface area contributed by atoms with Gasteiger partial charge in [-0.1, -0.05) is 6.07 Å². The van der Waals surface area contributed by atoms with E-state index >= 15 is 0 Å². The molecule has 3 heteroatoms. The van der Waals surface area contributed by atoms with Gasteiger partial charge in [-0.3, -0.25) is 4.79 Å². The molecule has 3 nitrogen and oxygen atoms in total. The first-order valence-corrected chi connectivity index (χ1v) is 5.27. The van der Waals surface area contributed by atoms with Crippen molar-refractivity contribution in [1.82, 2.24) is 5.32 Å². The number of fused-ring (bicyclic) bond motifs is 3. The van der Waals surface area contributed by atoms with E-state index in [-0.39, 0.29) is 17.9 Å². The fourth-order valence-electron chi connectivity index (χ4n) is 2.54. The van der Waals surface area contributed by atoms with Crippen LogP contribution in [0.25, 0.3) is 0 Å². The maximum Gasteiger partial charge on any atom is 0.226 e. The van der Waals surface area contributed by atoms with Gasteiger partial charge < -0.3 is 10.1 Å². The molecule has 1 heterocycles. The summed E-state index contributed by atoms with van der Waals surface area (Å²) in [6, 6.07) is 6.37. The zero-order valence-electron chi connectivity index (χ0n) is 8.62. The third-order valence-corrected chi connectivity index (χ3v) is 3.45. The maximum atomic E-state index is 11.3. The lowest BCUT2D eigenvalue weighted by molar-refractivity contribution is -0.136. The molecular formula is C12H13NO2. The average Bonchev–Trinajstić information content (AvgIpc) is 2.26. The Morgan fingerprint density at radius 1 is 1.47 bits per heavy atom. The number of ether oxygens (including phenoxy) is 1. The van der Waals surface area contributed by atoms with E-state index in [1.54, 1.807) is 7.11 Å². The van der Waals surface area contributed by atoms with Crippen LogP contribution < -0.4 is 10.1 Å². The average molecular weight is 203 g/mol. The highest BCUT2D eigenvalue weighted by atomic mass is 16.5. The van der Waals surface area contributed by atoms with Crippen LogP contribution in [0.2, 0.25) is 0 Å². The molecule has 78 valence electrons. The number of methoxy groups -OCH3 is 1. The van der Waals surface area contributed by atoms with Crippen LogP contribution in [-0.4, -0.2) is 13.0 Å². The number of hydrogen-bond donors (Lipinski definition) is 1. The first-order chi connectivity index (χ1) is 7.29. The van der Waals surface area contributed by atoms with E-state index in [2.05, 4.69) is 11.4 Å². The highest BCUT2D eigenvalue weighted by molar-refractivity contribution is 5.87. The maximum absolute atomic E-state index is 11.3. The first-order valence-electron chi connectivity index (χ1n) is 5.27. The largest absolute Gasteiger partial charge is 0.497 e. The molecule has 1 fully saturated rings. The third kappa shape index (κ3) is 1.16. The van der Waals surface area contributed by atoms with E-state index in [1.807, 2.05) is 12.1 Å². The summed E-state index contributed by atoms with van der Waals surface area (Å²) in [5.41, 5.74) is 2.59. The Morgan fingerprint density at radius 2 is 2.33 bits per heavy atom. The summed E-state index contributed by atoms with van der Waals surface area (Å²) in [7, 11) is 1.67. The molecule has 15 heavy (non-hydrogen) atoms. The summed E-state index contributed by atoms with van der Waals surface area (Å²) in [4.78, 5) is 11.3. The summed E-state index contributed by atoms with van der Waals surface area (Å²) >= 11 is 0. The Balaban J connectivity index is 2.02. The number of nitrogens with one attached hydrogen (secondary N) is 1. The summed E-state index contributed by atoms with van der Waals surface area (Å²) in [6.45, 7) is 0. The Kier molecular flexibility index (Phi) is 1.75.